The first-order valence-corrected chi connectivity index (χ1v) is 12.7. The van der Waals surface area contributed by atoms with Gasteiger partial charge in [-0.05, 0) is 32.1 Å². The van der Waals surface area contributed by atoms with Gasteiger partial charge in [0.2, 0.25) is 0 Å². The summed E-state index contributed by atoms with van der Waals surface area (Å²) in [7, 11) is 0. The van der Waals surface area contributed by atoms with E-state index < -0.39 is 11.8 Å². The molecule has 0 amide bonds. The third-order valence-corrected chi connectivity index (χ3v) is 5.84. The standard InChI is InChI=1S/C25H42O10/c1-3-28-7-9-30-11-13-32-15-17-34-24(26)22-20-5-6-21(19-20)23(22)25(27)35-18-16-33-14-12-31-10-8-29-4-2/h5-6,20-23H,3-4,7-19H2,1-2H3/t20-,21+,22-,23-/m1/s1. The maximum Gasteiger partial charge on any atom is 0.310 e. The topological polar surface area (TPSA) is 108 Å². The Morgan fingerprint density at radius 3 is 1.20 bits per heavy atom. The molecule has 0 N–H and O–H groups in total. The average Bonchev–Trinajstić information content (AvgIpc) is 3.48. The Morgan fingerprint density at radius 1 is 0.543 bits per heavy atom. The zero-order valence-corrected chi connectivity index (χ0v) is 21.2. The molecular formula is C25H42O10. The molecule has 0 radical (unpaired) electrons. The van der Waals surface area contributed by atoms with Crippen molar-refractivity contribution in [2.24, 2.45) is 23.7 Å². The van der Waals surface area contributed by atoms with Gasteiger partial charge in [0.15, 0.2) is 0 Å². The zero-order chi connectivity index (χ0) is 25.1. The Kier molecular flexibility index (Phi) is 15.8. The monoisotopic (exact) mass is 502 g/mol. The fourth-order valence-electron chi connectivity index (χ4n) is 4.23. The number of allylic oxidation sites excluding steroid dienone is 2. The maximum absolute atomic E-state index is 12.7. The highest BCUT2D eigenvalue weighted by Gasteiger charge is 2.53. The fourth-order valence-corrected chi connectivity index (χ4v) is 4.23. The van der Waals surface area contributed by atoms with Crippen molar-refractivity contribution in [2.45, 2.75) is 20.3 Å². The van der Waals surface area contributed by atoms with Gasteiger partial charge in [0.05, 0.1) is 77.9 Å². The van der Waals surface area contributed by atoms with Crippen molar-refractivity contribution in [1.82, 2.24) is 0 Å². The van der Waals surface area contributed by atoms with E-state index in [0.717, 1.165) is 6.42 Å². The van der Waals surface area contributed by atoms with Gasteiger partial charge in [-0.15, -0.1) is 0 Å². The second-order valence-corrected chi connectivity index (χ2v) is 8.18. The third-order valence-electron chi connectivity index (χ3n) is 5.84. The summed E-state index contributed by atoms with van der Waals surface area (Å²) in [6, 6.07) is 0. The van der Waals surface area contributed by atoms with Crippen LogP contribution < -0.4 is 0 Å². The van der Waals surface area contributed by atoms with E-state index in [1.165, 1.54) is 0 Å². The molecule has 4 atom stereocenters. The molecule has 1 saturated carbocycles. The molecule has 35 heavy (non-hydrogen) atoms. The first-order chi connectivity index (χ1) is 17.2. The molecular weight excluding hydrogens is 460 g/mol. The Bertz CT molecular complexity index is 561. The van der Waals surface area contributed by atoms with Gasteiger partial charge in [-0.3, -0.25) is 9.59 Å². The number of rotatable bonds is 22. The van der Waals surface area contributed by atoms with Gasteiger partial charge in [-0.25, -0.2) is 0 Å². The molecule has 0 unspecified atom stereocenters. The molecule has 2 rings (SSSR count). The SMILES string of the molecule is CCOCCOCCOCCOC(=O)[C@H]1[C@H](C(=O)OCCOCCOCCOCC)[C@H]2C=C[C@@H]1C2. The Balaban J connectivity index is 1.57. The van der Waals surface area contributed by atoms with Crippen molar-refractivity contribution in [3.8, 4) is 0 Å². The molecule has 2 aliphatic rings. The lowest BCUT2D eigenvalue weighted by molar-refractivity contribution is -0.163. The second kappa shape index (κ2) is 18.7. The van der Waals surface area contributed by atoms with Gasteiger partial charge in [0, 0.05) is 13.2 Å². The first-order valence-electron chi connectivity index (χ1n) is 12.7. The van der Waals surface area contributed by atoms with E-state index in [2.05, 4.69) is 0 Å². The molecule has 0 aromatic heterocycles. The number of carbonyl (C=O) groups is 2. The van der Waals surface area contributed by atoms with Crippen LogP contribution in [0.3, 0.4) is 0 Å². The number of esters is 2. The molecule has 2 aliphatic carbocycles. The van der Waals surface area contributed by atoms with Crippen LogP contribution in [0.1, 0.15) is 20.3 Å². The summed E-state index contributed by atoms with van der Waals surface area (Å²) in [5.41, 5.74) is 0. The number of hydrogen-bond acceptors (Lipinski definition) is 10. The quantitative estimate of drug-likeness (QED) is 0.123. The number of ether oxygens (including phenoxy) is 8. The lowest BCUT2D eigenvalue weighted by Crippen LogP contribution is -2.36. The van der Waals surface area contributed by atoms with E-state index in [-0.39, 0.29) is 50.2 Å². The molecule has 0 aliphatic heterocycles. The van der Waals surface area contributed by atoms with E-state index in [1.807, 2.05) is 26.0 Å². The van der Waals surface area contributed by atoms with Crippen LogP contribution in [0.15, 0.2) is 12.2 Å². The van der Waals surface area contributed by atoms with Crippen molar-refractivity contribution in [2.75, 3.05) is 92.5 Å². The van der Waals surface area contributed by atoms with Crippen LogP contribution in [0, 0.1) is 23.7 Å². The van der Waals surface area contributed by atoms with Crippen LogP contribution in [0.5, 0.6) is 0 Å². The normalized spacial score (nSPS) is 22.6. The van der Waals surface area contributed by atoms with Crippen LogP contribution in [-0.4, -0.2) is 104 Å². The Morgan fingerprint density at radius 2 is 0.857 bits per heavy atom. The van der Waals surface area contributed by atoms with Crippen LogP contribution >= 0.6 is 0 Å². The highest BCUT2D eigenvalue weighted by atomic mass is 16.6. The van der Waals surface area contributed by atoms with Crippen LogP contribution in [0.2, 0.25) is 0 Å². The maximum atomic E-state index is 12.7. The minimum absolute atomic E-state index is 0.00907. The molecule has 0 spiro atoms. The molecule has 0 saturated heterocycles. The van der Waals surface area contributed by atoms with Crippen molar-refractivity contribution in [1.29, 1.82) is 0 Å². The van der Waals surface area contributed by atoms with E-state index in [1.54, 1.807) is 0 Å². The van der Waals surface area contributed by atoms with Gasteiger partial charge in [-0.1, -0.05) is 12.2 Å². The minimum atomic E-state index is -0.515. The highest BCUT2D eigenvalue weighted by Crippen LogP contribution is 2.49. The molecule has 0 aromatic rings. The largest absolute Gasteiger partial charge is 0.463 e. The van der Waals surface area contributed by atoms with Crippen molar-refractivity contribution >= 4 is 11.9 Å². The van der Waals surface area contributed by atoms with Gasteiger partial charge < -0.3 is 37.9 Å². The van der Waals surface area contributed by atoms with Crippen molar-refractivity contribution < 1.29 is 47.5 Å². The van der Waals surface area contributed by atoms with Crippen molar-refractivity contribution in [3.63, 3.8) is 0 Å². The Hall–Kier alpha value is -1.56. The summed E-state index contributed by atoms with van der Waals surface area (Å²) >= 11 is 0. The summed E-state index contributed by atoms with van der Waals surface area (Å²) in [5.74, 6) is -1.76. The smallest absolute Gasteiger partial charge is 0.310 e. The molecule has 2 bridgehead atoms. The number of hydrogen-bond donors (Lipinski definition) is 0. The van der Waals surface area contributed by atoms with Gasteiger partial charge in [-0.2, -0.15) is 0 Å². The van der Waals surface area contributed by atoms with Crippen molar-refractivity contribution in [3.05, 3.63) is 12.2 Å². The number of carbonyl (C=O) groups excluding carboxylic acids is 2. The molecule has 10 heteroatoms. The van der Waals surface area contributed by atoms with Gasteiger partial charge in [0.1, 0.15) is 13.2 Å². The molecule has 0 aromatic carbocycles. The Labute approximate surface area is 208 Å². The number of fused-ring (bicyclic) bond motifs is 2. The second-order valence-electron chi connectivity index (χ2n) is 8.18. The van der Waals surface area contributed by atoms with E-state index >= 15 is 0 Å². The molecule has 0 heterocycles. The predicted molar refractivity (Wildman–Crippen MR) is 126 cm³/mol. The lowest BCUT2D eigenvalue weighted by atomic mass is 9.83. The van der Waals surface area contributed by atoms with E-state index in [9.17, 15) is 9.59 Å². The summed E-state index contributed by atoms with van der Waals surface area (Å²) in [5, 5.41) is 0. The van der Waals surface area contributed by atoms with Gasteiger partial charge >= 0.3 is 11.9 Å². The molecule has 1 fully saturated rings. The van der Waals surface area contributed by atoms with Crippen LogP contribution in [-0.2, 0) is 47.5 Å². The zero-order valence-electron chi connectivity index (χ0n) is 21.2. The molecule has 202 valence electrons. The minimum Gasteiger partial charge on any atom is -0.463 e. The van der Waals surface area contributed by atoms with Crippen LogP contribution in [0.4, 0.5) is 0 Å². The van der Waals surface area contributed by atoms with Crippen LogP contribution in [0.25, 0.3) is 0 Å². The first kappa shape index (κ1) is 29.7. The highest BCUT2D eigenvalue weighted by molar-refractivity contribution is 5.84. The third kappa shape index (κ3) is 11.4. The summed E-state index contributed by atoms with van der Waals surface area (Å²) in [4.78, 5) is 25.4. The predicted octanol–water partition coefficient (Wildman–Crippen LogP) is 1.65. The van der Waals surface area contributed by atoms with Gasteiger partial charge in [0.25, 0.3) is 0 Å². The average molecular weight is 503 g/mol. The lowest BCUT2D eigenvalue weighted by Gasteiger charge is -2.25. The summed E-state index contributed by atoms with van der Waals surface area (Å²) < 4.78 is 42.8. The summed E-state index contributed by atoms with van der Waals surface area (Å²) in [6.07, 6.45) is 4.78. The molecule has 10 nitrogen and oxygen atoms in total. The fraction of sp³-hybridized carbons (Fsp3) is 0.840. The van der Waals surface area contributed by atoms with E-state index in [4.69, 9.17) is 37.9 Å². The summed E-state index contributed by atoms with van der Waals surface area (Å²) in [6.45, 7) is 9.95. The van der Waals surface area contributed by atoms with E-state index in [0.29, 0.717) is 66.1 Å².